The Hall–Kier alpha value is -0.610. The van der Waals surface area contributed by atoms with Crippen LogP contribution in [0.25, 0.3) is 0 Å². The van der Waals surface area contributed by atoms with Crippen molar-refractivity contribution in [1.82, 2.24) is 5.32 Å². The fraction of sp³-hybridized carbons (Fsp3) is 0.923. The minimum atomic E-state index is -0.686. The van der Waals surface area contributed by atoms with Gasteiger partial charge in [-0.2, -0.15) is 0 Å². The van der Waals surface area contributed by atoms with E-state index in [2.05, 4.69) is 5.32 Å². The maximum absolute atomic E-state index is 11.7. The molecule has 1 aliphatic carbocycles. The molecule has 1 amide bonds. The first-order valence-electron chi connectivity index (χ1n) is 6.77. The maximum atomic E-state index is 11.7. The number of carbonyl (C=O) groups excluding carboxylic acids is 1. The average Bonchev–Trinajstić information content (AvgIpc) is 2.52. The first-order chi connectivity index (χ1) is 8.07. The quantitative estimate of drug-likeness (QED) is 0.634. The van der Waals surface area contributed by atoms with Gasteiger partial charge in [0, 0.05) is 12.5 Å². The van der Waals surface area contributed by atoms with Crippen LogP contribution in [-0.2, 0) is 4.79 Å². The van der Waals surface area contributed by atoms with E-state index in [-0.39, 0.29) is 11.8 Å². The van der Waals surface area contributed by atoms with Gasteiger partial charge in [0.2, 0.25) is 5.91 Å². The SMILES string of the molecule is CC(CCN)C(=O)NCC1(O)CCCCCC1. The lowest BCUT2D eigenvalue weighted by molar-refractivity contribution is -0.126. The van der Waals surface area contributed by atoms with E-state index in [1.807, 2.05) is 6.92 Å². The standard InChI is InChI=1S/C13H26N2O2/c1-11(6-9-14)12(16)15-10-13(17)7-4-2-3-5-8-13/h11,17H,2-10,14H2,1H3,(H,15,16). The molecule has 4 heteroatoms. The molecule has 0 aromatic heterocycles. The second kappa shape index (κ2) is 6.97. The number of nitrogens with one attached hydrogen (secondary N) is 1. The Morgan fingerprint density at radius 3 is 2.47 bits per heavy atom. The molecule has 0 aromatic rings. The summed E-state index contributed by atoms with van der Waals surface area (Å²) in [6.45, 7) is 2.79. The molecule has 0 radical (unpaired) electrons. The third-order valence-corrected chi connectivity index (χ3v) is 3.67. The van der Waals surface area contributed by atoms with Crippen LogP contribution in [0.3, 0.4) is 0 Å². The molecule has 4 N–H and O–H groups in total. The van der Waals surface area contributed by atoms with E-state index in [4.69, 9.17) is 5.73 Å². The van der Waals surface area contributed by atoms with Gasteiger partial charge in [0.15, 0.2) is 0 Å². The van der Waals surface area contributed by atoms with Gasteiger partial charge in [0.05, 0.1) is 5.60 Å². The topological polar surface area (TPSA) is 75.4 Å². The van der Waals surface area contributed by atoms with Crippen LogP contribution in [0, 0.1) is 5.92 Å². The molecule has 1 rings (SSSR count). The van der Waals surface area contributed by atoms with Crippen molar-refractivity contribution in [3.05, 3.63) is 0 Å². The number of hydrogen-bond donors (Lipinski definition) is 3. The van der Waals surface area contributed by atoms with Crippen LogP contribution in [0.15, 0.2) is 0 Å². The van der Waals surface area contributed by atoms with E-state index in [0.29, 0.717) is 19.5 Å². The van der Waals surface area contributed by atoms with Gasteiger partial charge < -0.3 is 16.2 Å². The van der Waals surface area contributed by atoms with Crippen molar-refractivity contribution in [2.24, 2.45) is 11.7 Å². The molecule has 0 heterocycles. The molecule has 1 aliphatic rings. The van der Waals surface area contributed by atoms with E-state index in [9.17, 15) is 9.90 Å². The highest BCUT2D eigenvalue weighted by Crippen LogP contribution is 2.26. The van der Waals surface area contributed by atoms with E-state index in [1.54, 1.807) is 0 Å². The Morgan fingerprint density at radius 1 is 1.35 bits per heavy atom. The molecule has 1 fully saturated rings. The number of nitrogens with two attached hydrogens (primary N) is 1. The molecule has 0 aromatic carbocycles. The van der Waals surface area contributed by atoms with Crippen molar-refractivity contribution < 1.29 is 9.90 Å². The summed E-state index contributed by atoms with van der Waals surface area (Å²) in [5, 5.41) is 13.2. The highest BCUT2D eigenvalue weighted by Gasteiger charge is 2.28. The van der Waals surface area contributed by atoms with Crippen LogP contribution in [0.5, 0.6) is 0 Å². The Labute approximate surface area is 104 Å². The summed E-state index contributed by atoms with van der Waals surface area (Å²) in [5.74, 6) is -0.0532. The van der Waals surface area contributed by atoms with Crippen molar-refractivity contribution >= 4 is 5.91 Å². The third kappa shape index (κ3) is 5.04. The predicted octanol–water partition coefficient (Wildman–Crippen LogP) is 1.17. The number of amides is 1. The van der Waals surface area contributed by atoms with Crippen LogP contribution in [0.1, 0.15) is 51.9 Å². The average molecular weight is 242 g/mol. The van der Waals surface area contributed by atoms with E-state index in [1.165, 1.54) is 12.8 Å². The van der Waals surface area contributed by atoms with Crippen molar-refractivity contribution in [2.75, 3.05) is 13.1 Å². The largest absolute Gasteiger partial charge is 0.388 e. The van der Waals surface area contributed by atoms with Crippen LogP contribution >= 0.6 is 0 Å². The fourth-order valence-electron chi connectivity index (χ4n) is 2.37. The van der Waals surface area contributed by atoms with E-state index in [0.717, 1.165) is 25.7 Å². The minimum Gasteiger partial charge on any atom is -0.388 e. The molecule has 0 aliphatic heterocycles. The lowest BCUT2D eigenvalue weighted by Crippen LogP contribution is -2.44. The summed E-state index contributed by atoms with van der Waals surface area (Å²) < 4.78 is 0. The van der Waals surface area contributed by atoms with Crippen LogP contribution < -0.4 is 11.1 Å². The van der Waals surface area contributed by atoms with Gasteiger partial charge in [-0.3, -0.25) is 4.79 Å². The Bertz CT molecular complexity index is 236. The zero-order chi connectivity index (χ0) is 12.7. The van der Waals surface area contributed by atoms with Crippen LogP contribution in [-0.4, -0.2) is 29.7 Å². The highest BCUT2D eigenvalue weighted by atomic mass is 16.3. The van der Waals surface area contributed by atoms with Crippen LogP contribution in [0.2, 0.25) is 0 Å². The van der Waals surface area contributed by atoms with Gasteiger partial charge >= 0.3 is 0 Å². The highest BCUT2D eigenvalue weighted by molar-refractivity contribution is 5.78. The summed E-state index contributed by atoms with van der Waals surface area (Å²) in [6.07, 6.45) is 6.82. The first kappa shape index (κ1) is 14.5. The number of aliphatic hydroxyl groups is 1. The van der Waals surface area contributed by atoms with Crippen molar-refractivity contribution in [1.29, 1.82) is 0 Å². The van der Waals surface area contributed by atoms with E-state index >= 15 is 0 Å². The zero-order valence-electron chi connectivity index (χ0n) is 10.9. The molecule has 1 saturated carbocycles. The fourth-order valence-corrected chi connectivity index (χ4v) is 2.37. The predicted molar refractivity (Wildman–Crippen MR) is 68.5 cm³/mol. The Kier molecular flexibility index (Phi) is 5.92. The van der Waals surface area contributed by atoms with Gasteiger partial charge in [0.25, 0.3) is 0 Å². The van der Waals surface area contributed by atoms with Gasteiger partial charge in [0.1, 0.15) is 0 Å². The molecule has 4 nitrogen and oxygen atoms in total. The Morgan fingerprint density at radius 2 is 1.94 bits per heavy atom. The smallest absolute Gasteiger partial charge is 0.222 e. The van der Waals surface area contributed by atoms with Crippen molar-refractivity contribution in [3.63, 3.8) is 0 Å². The second-order valence-electron chi connectivity index (χ2n) is 5.33. The molecule has 100 valence electrons. The second-order valence-corrected chi connectivity index (χ2v) is 5.33. The van der Waals surface area contributed by atoms with Crippen molar-refractivity contribution in [2.45, 2.75) is 57.5 Å². The molecular weight excluding hydrogens is 216 g/mol. The molecule has 1 atom stereocenters. The summed E-state index contributed by atoms with van der Waals surface area (Å²) in [7, 11) is 0. The minimum absolute atomic E-state index is 0.00752. The number of rotatable bonds is 5. The monoisotopic (exact) mass is 242 g/mol. The number of hydrogen-bond acceptors (Lipinski definition) is 3. The summed E-state index contributed by atoms with van der Waals surface area (Å²) >= 11 is 0. The lowest BCUT2D eigenvalue weighted by atomic mass is 9.94. The molecule has 1 unspecified atom stereocenters. The van der Waals surface area contributed by atoms with E-state index < -0.39 is 5.60 Å². The van der Waals surface area contributed by atoms with Crippen molar-refractivity contribution in [3.8, 4) is 0 Å². The number of carbonyl (C=O) groups is 1. The third-order valence-electron chi connectivity index (χ3n) is 3.67. The zero-order valence-corrected chi connectivity index (χ0v) is 10.9. The molecule has 17 heavy (non-hydrogen) atoms. The Balaban J connectivity index is 2.34. The first-order valence-corrected chi connectivity index (χ1v) is 6.77. The summed E-state index contributed by atoms with van der Waals surface area (Å²) in [6, 6.07) is 0. The van der Waals surface area contributed by atoms with Crippen LogP contribution in [0.4, 0.5) is 0 Å². The lowest BCUT2D eigenvalue weighted by Gasteiger charge is -2.27. The molecular formula is C13H26N2O2. The summed E-state index contributed by atoms with van der Waals surface area (Å²) in [5.41, 5.74) is 4.74. The molecule has 0 spiro atoms. The van der Waals surface area contributed by atoms with Gasteiger partial charge in [-0.1, -0.05) is 32.6 Å². The van der Waals surface area contributed by atoms with Gasteiger partial charge in [-0.25, -0.2) is 0 Å². The van der Waals surface area contributed by atoms with Gasteiger partial charge in [-0.15, -0.1) is 0 Å². The maximum Gasteiger partial charge on any atom is 0.222 e. The molecule has 0 saturated heterocycles. The summed E-state index contributed by atoms with van der Waals surface area (Å²) in [4.78, 5) is 11.7. The molecule has 0 bridgehead atoms. The van der Waals surface area contributed by atoms with Gasteiger partial charge in [-0.05, 0) is 25.8 Å². The normalized spacial score (nSPS) is 21.6.